The first-order valence-corrected chi connectivity index (χ1v) is 10.3. The quantitative estimate of drug-likeness (QED) is 0.429. The zero-order valence-corrected chi connectivity index (χ0v) is 17.3. The number of carbonyl (C=O) groups is 2. The summed E-state index contributed by atoms with van der Waals surface area (Å²) in [6, 6.07) is 25.6. The van der Waals surface area contributed by atoms with Crippen LogP contribution in [-0.2, 0) is 11.2 Å². The van der Waals surface area contributed by atoms with Crippen molar-refractivity contribution in [1.29, 1.82) is 0 Å². The highest BCUT2D eigenvalue weighted by Gasteiger charge is 2.18. The molecule has 0 aliphatic heterocycles. The predicted octanol–water partition coefficient (Wildman–Crippen LogP) is 4.33. The van der Waals surface area contributed by atoms with Crippen molar-refractivity contribution in [3.05, 3.63) is 96.1 Å². The van der Waals surface area contributed by atoms with Crippen molar-refractivity contribution in [1.82, 2.24) is 10.6 Å². The minimum Gasteiger partial charge on any atom is -0.457 e. The molecule has 3 aromatic carbocycles. The molecule has 0 fully saturated rings. The number of urea groups is 1. The van der Waals surface area contributed by atoms with Gasteiger partial charge < -0.3 is 21.1 Å². The van der Waals surface area contributed by atoms with Gasteiger partial charge in [0.05, 0.1) is 12.5 Å². The maximum absolute atomic E-state index is 12.5. The number of ether oxygens (including phenoxy) is 1. The number of primary amides is 1. The molecule has 0 bridgehead atoms. The van der Waals surface area contributed by atoms with E-state index in [4.69, 9.17) is 10.5 Å². The third-order valence-electron chi connectivity index (χ3n) is 4.75. The minimum atomic E-state index is -0.684. The molecular weight excluding hydrogens is 390 g/mol. The first-order chi connectivity index (χ1) is 15.1. The van der Waals surface area contributed by atoms with E-state index in [9.17, 15) is 9.59 Å². The number of aryl methyl sites for hydroxylation is 1. The standard InChI is InChI=1S/C25H27N3O3/c26-25(30)28-23(18-24(29)27-16-8-11-19-9-3-1-4-10-19)20-12-7-15-22(17-20)31-21-13-5-2-6-14-21/h1-7,9-10,12-15,17,23H,8,11,16,18H2,(H,27,29)(H3,26,28,30)/t23-/m1/s1. The summed E-state index contributed by atoms with van der Waals surface area (Å²) in [4.78, 5) is 24.0. The molecule has 0 aliphatic rings. The second kappa shape index (κ2) is 11.4. The van der Waals surface area contributed by atoms with Crippen molar-refractivity contribution in [2.75, 3.05) is 6.54 Å². The number of amides is 3. The first-order valence-electron chi connectivity index (χ1n) is 10.3. The van der Waals surface area contributed by atoms with Crippen LogP contribution in [0.25, 0.3) is 0 Å². The van der Waals surface area contributed by atoms with Crippen molar-refractivity contribution < 1.29 is 14.3 Å². The van der Waals surface area contributed by atoms with Crippen LogP contribution in [-0.4, -0.2) is 18.5 Å². The molecule has 160 valence electrons. The number of rotatable bonds is 10. The van der Waals surface area contributed by atoms with Crippen molar-refractivity contribution in [3.8, 4) is 11.5 Å². The molecular formula is C25H27N3O3. The Balaban J connectivity index is 1.57. The second-order valence-electron chi connectivity index (χ2n) is 7.19. The van der Waals surface area contributed by atoms with E-state index in [0.717, 1.165) is 18.4 Å². The average molecular weight is 418 g/mol. The monoisotopic (exact) mass is 417 g/mol. The van der Waals surface area contributed by atoms with Crippen LogP contribution in [0.2, 0.25) is 0 Å². The van der Waals surface area contributed by atoms with E-state index in [1.807, 2.05) is 66.7 Å². The van der Waals surface area contributed by atoms with Crippen LogP contribution in [0.3, 0.4) is 0 Å². The zero-order valence-electron chi connectivity index (χ0n) is 17.3. The number of hydrogen-bond acceptors (Lipinski definition) is 3. The molecule has 0 saturated heterocycles. The first kappa shape index (κ1) is 21.9. The van der Waals surface area contributed by atoms with Crippen LogP contribution >= 0.6 is 0 Å². The molecule has 0 heterocycles. The van der Waals surface area contributed by atoms with E-state index in [0.29, 0.717) is 18.0 Å². The molecule has 0 saturated carbocycles. The molecule has 0 radical (unpaired) electrons. The van der Waals surface area contributed by atoms with Gasteiger partial charge in [-0.05, 0) is 48.2 Å². The van der Waals surface area contributed by atoms with Gasteiger partial charge in [-0.25, -0.2) is 4.79 Å². The Hall–Kier alpha value is -3.80. The molecule has 1 atom stereocenters. The Kier molecular flexibility index (Phi) is 8.05. The number of benzene rings is 3. The van der Waals surface area contributed by atoms with Gasteiger partial charge in [-0.1, -0.05) is 60.7 Å². The molecule has 3 aromatic rings. The summed E-state index contributed by atoms with van der Waals surface area (Å²) in [7, 11) is 0. The molecule has 31 heavy (non-hydrogen) atoms. The Morgan fingerprint density at radius 3 is 2.26 bits per heavy atom. The Morgan fingerprint density at radius 1 is 0.871 bits per heavy atom. The Bertz CT molecular complexity index is 978. The van der Waals surface area contributed by atoms with Gasteiger partial charge in [0.2, 0.25) is 5.91 Å². The van der Waals surface area contributed by atoms with Crippen molar-refractivity contribution in [2.24, 2.45) is 5.73 Å². The zero-order chi connectivity index (χ0) is 21.9. The number of nitrogens with one attached hydrogen (secondary N) is 2. The van der Waals surface area contributed by atoms with Gasteiger partial charge >= 0.3 is 6.03 Å². The smallest absolute Gasteiger partial charge is 0.312 e. The summed E-state index contributed by atoms with van der Waals surface area (Å²) in [5, 5.41) is 5.58. The van der Waals surface area contributed by atoms with E-state index in [1.165, 1.54) is 5.56 Å². The lowest BCUT2D eigenvalue weighted by Gasteiger charge is -2.19. The van der Waals surface area contributed by atoms with Gasteiger partial charge in [-0.3, -0.25) is 4.79 Å². The lowest BCUT2D eigenvalue weighted by Crippen LogP contribution is -2.36. The lowest BCUT2D eigenvalue weighted by molar-refractivity contribution is -0.121. The molecule has 3 amide bonds. The summed E-state index contributed by atoms with van der Waals surface area (Å²) < 4.78 is 5.86. The molecule has 4 N–H and O–H groups in total. The normalized spacial score (nSPS) is 11.4. The van der Waals surface area contributed by atoms with Crippen LogP contribution < -0.4 is 21.1 Å². The highest BCUT2D eigenvalue weighted by Crippen LogP contribution is 2.26. The fraction of sp³-hybridized carbons (Fsp3) is 0.200. The second-order valence-corrected chi connectivity index (χ2v) is 7.19. The molecule has 0 aromatic heterocycles. The largest absolute Gasteiger partial charge is 0.457 e. The SMILES string of the molecule is NC(=O)N[C@H](CC(=O)NCCCc1ccccc1)c1cccc(Oc2ccccc2)c1. The molecule has 3 rings (SSSR count). The van der Waals surface area contributed by atoms with E-state index in [2.05, 4.69) is 22.8 Å². The molecule has 0 aliphatic carbocycles. The summed E-state index contributed by atoms with van der Waals surface area (Å²) in [5.41, 5.74) is 7.32. The Labute approximate surface area is 182 Å². The van der Waals surface area contributed by atoms with Crippen LogP contribution in [0.5, 0.6) is 11.5 Å². The van der Waals surface area contributed by atoms with E-state index in [1.54, 1.807) is 6.07 Å². The maximum atomic E-state index is 12.5. The molecule has 0 unspecified atom stereocenters. The van der Waals surface area contributed by atoms with Crippen molar-refractivity contribution >= 4 is 11.9 Å². The number of nitrogens with two attached hydrogens (primary N) is 1. The predicted molar refractivity (Wildman–Crippen MR) is 121 cm³/mol. The lowest BCUT2D eigenvalue weighted by atomic mass is 10.0. The molecule has 6 heteroatoms. The molecule has 6 nitrogen and oxygen atoms in total. The van der Waals surface area contributed by atoms with Gasteiger partial charge in [0, 0.05) is 6.54 Å². The summed E-state index contributed by atoms with van der Waals surface area (Å²) >= 11 is 0. The Morgan fingerprint density at radius 2 is 1.55 bits per heavy atom. The van der Waals surface area contributed by atoms with Crippen LogP contribution in [0.1, 0.15) is 30.0 Å². The summed E-state index contributed by atoms with van der Waals surface area (Å²) in [5.74, 6) is 1.17. The van der Waals surface area contributed by atoms with Gasteiger partial charge in [0.1, 0.15) is 11.5 Å². The maximum Gasteiger partial charge on any atom is 0.312 e. The van der Waals surface area contributed by atoms with Crippen LogP contribution in [0.15, 0.2) is 84.9 Å². The molecule has 0 spiro atoms. The third-order valence-corrected chi connectivity index (χ3v) is 4.75. The van der Waals surface area contributed by atoms with Gasteiger partial charge in [-0.2, -0.15) is 0 Å². The van der Waals surface area contributed by atoms with Crippen molar-refractivity contribution in [3.63, 3.8) is 0 Å². The highest BCUT2D eigenvalue weighted by molar-refractivity contribution is 5.78. The highest BCUT2D eigenvalue weighted by atomic mass is 16.5. The topological polar surface area (TPSA) is 93.5 Å². The summed E-state index contributed by atoms with van der Waals surface area (Å²) in [6.07, 6.45) is 1.82. The summed E-state index contributed by atoms with van der Waals surface area (Å²) in [6.45, 7) is 0.564. The van der Waals surface area contributed by atoms with E-state index >= 15 is 0 Å². The number of carbonyl (C=O) groups excluding carboxylic acids is 2. The fourth-order valence-corrected chi connectivity index (χ4v) is 3.27. The van der Waals surface area contributed by atoms with Gasteiger partial charge in [0.25, 0.3) is 0 Å². The third kappa shape index (κ3) is 7.51. The van der Waals surface area contributed by atoms with Crippen LogP contribution in [0, 0.1) is 0 Å². The van der Waals surface area contributed by atoms with Crippen molar-refractivity contribution in [2.45, 2.75) is 25.3 Å². The number of para-hydroxylation sites is 1. The van der Waals surface area contributed by atoms with Gasteiger partial charge in [0.15, 0.2) is 0 Å². The minimum absolute atomic E-state index is 0.0864. The number of hydrogen-bond donors (Lipinski definition) is 3. The van der Waals surface area contributed by atoms with Gasteiger partial charge in [-0.15, -0.1) is 0 Å². The van der Waals surface area contributed by atoms with E-state index < -0.39 is 12.1 Å². The average Bonchev–Trinajstić information content (AvgIpc) is 2.78. The fourth-order valence-electron chi connectivity index (χ4n) is 3.27. The van der Waals surface area contributed by atoms with Crippen LogP contribution in [0.4, 0.5) is 4.79 Å². The van der Waals surface area contributed by atoms with E-state index in [-0.39, 0.29) is 12.3 Å².